The molecule has 0 saturated carbocycles. The molecule has 1 aromatic carbocycles. The zero-order chi connectivity index (χ0) is 20.1. The first-order chi connectivity index (χ1) is 12.2. The lowest BCUT2D eigenvalue weighted by Gasteiger charge is -2.12. The van der Waals surface area contributed by atoms with Crippen molar-refractivity contribution >= 4 is 24.3 Å². The molecule has 144 valence electrons. The molecule has 1 rings (SSSR count). The van der Waals surface area contributed by atoms with E-state index in [4.69, 9.17) is 15.0 Å². The van der Waals surface area contributed by atoms with Crippen LogP contribution in [0.3, 0.4) is 0 Å². The summed E-state index contributed by atoms with van der Waals surface area (Å²) in [5.41, 5.74) is 3.32. The van der Waals surface area contributed by atoms with Crippen molar-refractivity contribution in [1.82, 2.24) is 5.48 Å². The molecule has 3 N–H and O–H groups in total. The summed E-state index contributed by atoms with van der Waals surface area (Å²) in [6.07, 6.45) is 1.54. The van der Waals surface area contributed by atoms with Gasteiger partial charge in [0.2, 0.25) is 0 Å². The lowest BCUT2D eigenvalue weighted by Crippen LogP contribution is -2.29. The van der Waals surface area contributed by atoms with Crippen LogP contribution in [0.4, 0.5) is 0 Å². The topological polar surface area (TPSA) is 130 Å². The minimum Gasteiger partial charge on any atom is -0.483 e. The molecule has 0 spiro atoms. The molecular weight excluding hydrogens is 342 g/mol. The average Bonchev–Trinajstić information content (AvgIpc) is 2.58. The molecule has 0 aliphatic rings. The third kappa shape index (κ3) is 10.1. The number of hydrogen-bond acceptors (Lipinski definition) is 5. The van der Waals surface area contributed by atoms with Gasteiger partial charge in [0.25, 0.3) is 12.4 Å². The van der Waals surface area contributed by atoms with Gasteiger partial charge in [-0.05, 0) is 36.5 Å². The van der Waals surface area contributed by atoms with Crippen LogP contribution >= 0.6 is 0 Å². The fourth-order valence-corrected chi connectivity index (χ4v) is 1.99. The van der Waals surface area contributed by atoms with Crippen molar-refractivity contribution < 1.29 is 34.2 Å². The minimum atomic E-state index is -0.953. The molecule has 8 heteroatoms. The summed E-state index contributed by atoms with van der Waals surface area (Å²) < 4.78 is 0. The first-order valence-electron chi connectivity index (χ1n) is 8.10. The number of amides is 1. The SMILES string of the molecule is CC(CCC(=O)NOC(=O)C(C)C)Cc1cccc(C(=O)O)c1.O=CO. The number of carbonyl (C=O) groups excluding carboxylic acids is 2. The number of benzene rings is 1. The fourth-order valence-electron chi connectivity index (χ4n) is 1.99. The van der Waals surface area contributed by atoms with E-state index in [0.29, 0.717) is 12.8 Å². The van der Waals surface area contributed by atoms with Crippen molar-refractivity contribution in [2.45, 2.75) is 40.0 Å². The highest BCUT2D eigenvalue weighted by atomic mass is 16.7. The predicted octanol–water partition coefficient (Wildman–Crippen LogP) is 2.27. The van der Waals surface area contributed by atoms with Gasteiger partial charge < -0.3 is 15.1 Å². The summed E-state index contributed by atoms with van der Waals surface area (Å²) in [5.74, 6) is -1.87. The molecule has 26 heavy (non-hydrogen) atoms. The summed E-state index contributed by atoms with van der Waals surface area (Å²) in [4.78, 5) is 46.8. The highest BCUT2D eigenvalue weighted by molar-refractivity contribution is 5.87. The van der Waals surface area contributed by atoms with Crippen molar-refractivity contribution in [3.63, 3.8) is 0 Å². The van der Waals surface area contributed by atoms with E-state index in [-0.39, 0.29) is 36.2 Å². The van der Waals surface area contributed by atoms with Crippen molar-refractivity contribution in [2.75, 3.05) is 0 Å². The standard InChI is InChI=1S/C17H23NO5.CH2O2/c1-11(2)17(22)23-18-15(19)8-7-12(3)9-13-5-4-6-14(10-13)16(20)21;2-1-3/h4-6,10-12H,7-9H2,1-3H3,(H,18,19)(H,20,21);1H,(H,2,3). The third-order valence-electron chi connectivity index (χ3n) is 3.36. The van der Waals surface area contributed by atoms with Crippen LogP contribution in [0.15, 0.2) is 24.3 Å². The van der Waals surface area contributed by atoms with Gasteiger partial charge in [0.05, 0.1) is 11.5 Å². The van der Waals surface area contributed by atoms with Crippen molar-refractivity contribution in [3.8, 4) is 0 Å². The summed E-state index contributed by atoms with van der Waals surface area (Å²) in [6.45, 7) is 5.10. The van der Waals surface area contributed by atoms with Crippen molar-refractivity contribution in [1.29, 1.82) is 0 Å². The van der Waals surface area contributed by atoms with Crippen LogP contribution < -0.4 is 5.48 Å². The van der Waals surface area contributed by atoms with Crippen LogP contribution in [0, 0.1) is 11.8 Å². The minimum absolute atomic E-state index is 0.200. The fraction of sp³-hybridized carbons (Fsp3) is 0.444. The van der Waals surface area contributed by atoms with Gasteiger partial charge in [0.1, 0.15) is 0 Å². The van der Waals surface area contributed by atoms with E-state index in [1.807, 2.05) is 13.0 Å². The van der Waals surface area contributed by atoms with E-state index in [2.05, 4.69) is 10.3 Å². The molecular formula is C18H25NO7. The highest BCUT2D eigenvalue weighted by Gasteiger charge is 2.13. The number of nitrogens with one attached hydrogen (secondary N) is 1. The molecule has 1 unspecified atom stereocenters. The molecule has 1 atom stereocenters. The highest BCUT2D eigenvalue weighted by Crippen LogP contribution is 2.15. The Labute approximate surface area is 152 Å². The first kappa shape index (κ1) is 23.1. The molecule has 0 saturated heterocycles. The maximum Gasteiger partial charge on any atom is 0.335 e. The van der Waals surface area contributed by atoms with Crippen LogP contribution in [0.5, 0.6) is 0 Å². The molecule has 8 nitrogen and oxygen atoms in total. The predicted molar refractivity (Wildman–Crippen MR) is 93.3 cm³/mol. The lowest BCUT2D eigenvalue weighted by atomic mass is 9.95. The maximum atomic E-state index is 11.6. The molecule has 1 amide bonds. The number of carboxylic acids is 1. The van der Waals surface area contributed by atoms with Crippen LogP contribution in [-0.2, 0) is 25.6 Å². The quantitative estimate of drug-likeness (QED) is 0.498. The number of hydroxylamine groups is 1. The Kier molecular flexibility index (Phi) is 11.1. The molecule has 0 fully saturated rings. The molecule has 0 bridgehead atoms. The van der Waals surface area contributed by atoms with Gasteiger partial charge in [-0.2, -0.15) is 5.48 Å². The van der Waals surface area contributed by atoms with Gasteiger partial charge in [-0.3, -0.25) is 9.59 Å². The Bertz CT molecular complexity index is 613. The molecule has 0 aliphatic carbocycles. The van der Waals surface area contributed by atoms with Gasteiger partial charge in [0, 0.05) is 6.42 Å². The van der Waals surface area contributed by atoms with Crippen molar-refractivity contribution in [3.05, 3.63) is 35.4 Å². The van der Waals surface area contributed by atoms with E-state index >= 15 is 0 Å². The van der Waals surface area contributed by atoms with Gasteiger partial charge >= 0.3 is 11.9 Å². The van der Waals surface area contributed by atoms with Crippen LogP contribution in [0.1, 0.15) is 49.5 Å². The maximum absolute atomic E-state index is 11.6. The third-order valence-corrected chi connectivity index (χ3v) is 3.36. The number of rotatable bonds is 7. The molecule has 0 heterocycles. The van der Waals surface area contributed by atoms with E-state index in [9.17, 15) is 14.4 Å². The van der Waals surface area contributed by atoms with Crippen LogP contribution in [-0.4, -0.2) is 34.5 Å². The summed E-state index contributed by atoms with van der Waals surface area (Å²) >= 11 is 0. The van der Waals surface area contributed by atoms with Crippen LogP contribution in [0.2, 0.25) is 0 Å². The monoisotopic (exact) mass is 367 g/mol. The second kappa shape index (κ2) is 12.5. The Morgan fingerprint density at radius 1 is 1.23 bits per heavy atom. The van der Waals surface area contributed by atoms with Gasteiger partial charge in [0.15, 0.2) is 0 Å². The molecule has 0 aliphatic heterocycles. The Balaban J connectivity index is 0.00000194. The van der Waals surface area contributed by atoms with Crippen LogP contribution in [0.25, 0.3) is 0 Å². The lowest BCUT2D eigenvalue weighted by molar-refractivity contribution is -0.161. The Morgan fingerprint density at radius 2 is 1.85 bits per heavy atom. The molecule has 0 radical (unpaired) electrons. The number of aromatic carboxylic acids is 1. The van der Waals surface area contributed by atoms with E-state index in [0.717, 1.165) is 5.56 Å². The van der Waals surface area contributed by atoms with Gasteiger partial charge in [-0.25, -0.2) is 9.59 Å². The summed E-state index contributed by atoms with van der Waals surface area (Å²) in [7, 11) is 0. The number of carbonyl (C=O) groups is 4. The van der Waals surface area contributed by atoms with Crippen molar-refractivity contribution in [2.24, 2.45) is 11.8 Å². The zero-order valence-electron chi connectivity index (χ0n) is 15.1. The van der Waals surface area contributed by atoms with E-state index in [1.54, 1.807) is 32.0 Å². The number of carboxylic acid groups (broad SMARTS) is 2. The van der Waals surface area contributed by atoms with Gasteiger partial charge in [-0.15, -0.1) is 0 Å². The largest absolute Gasteiger partial charge is 0.483 e. The molecule has 0 aromatic heterocycles. The average molecular weight is 367 g/mol. The smallest absolute Gasteiger partial charge is 0.335 e. The molecule has 1 aromatic rings. The Hall–Kier alpha value is -2.90. The summed E-state index contributed by atoms with van der Waals surface area (Å²) in [5, 5.41) is 15.9. The Morgan fingerprint density at radius 3 is 2.38 bits per heavy atom. The number of hydrogen-bond donors (Lipinski definition) is 3. The van der Waals surface area contributed by atoms with E-state index < -0.39 is 11.9 Å². The van der Waals surface area contributed by atoms with Gasteiger partial charge in [-0.1, -0.05) is 32.9 Å². The first-order valence-corrected chi connectivity index (χ1v) is 8.10. The van der Waals surface area contributed by atoms with E-state index in [1.165, 1.54) is 0 Å². The second-order valence-electron chi connectivity index (χ2n) is 6.06. The second-order valence-corrected chi connectivity index (χ2v) is 6.06. The summed E-state index contributed by atoms with van der Waals surface area (Å²) in [6, 6.07) is 6.77. The normalized spacial score (nSPS) is 10.9. The zero-order valence-corrected chi connectivity index (χ0v) is 15.1.